The second-order valence-corrected chi connectivity index (χ2v) is 6.55. The van der Waals surface area contributed by atoms with Crippen molar-refractivity contribution in [1.82, 2.24) is 5.32 Å². The number of carbonyl (C=O) groups excluding carboxylic acids is 3. The summed E-state index contributed by atoms with van der Waals surface area (Å²) >= 11 is 0. The Kier molecular flexibility index (Phi) is 6.14. The molecule has 0 saturated heterocycles. The van der Waals surface area contributed by atoms with Gasteiger partial charge in [-0.15, -0.1) is 0 Å². The van der Waals surface area contributed by atoms with E-state index < -0.39 is 41.5 Å². The highest BCUT2D eigenvalue weighted by molar-refractivity contribution is 6.40. The molecule has 0 aromatic heterocycles. The Bertz CT molecular complexity index is 1060. The first kappa shape index (κ1) is 21.0. The van der Waals surface area contributed by atoms with Gasteiger partial charge in [0, 0.05) is 12.8 Å². The Hall–Kier alpha value is -3.69. The molecule has 7 nitrogen and oxygen atoms in total. The van der Waals surface area contributed by atoms with Gasteiger partial charge in [0.05, 0.1) is 17.9 Å². The first-order valence-electron chi connectivity index (χ1n) is 8.95. The summed E-state index contributed by atoms with van der Waals surface area (Å²) in [6, 6.07) is 8.56. The van der Waals surface area contributed by atoms with Crippen LogP contribution in [0.5, 0.6) is 0 Å². The van der Waals surface area contributed by atoms with Gasteiger partial charge in [0.1, 0.15) is 5.71 Å². The minimum atomic E-state index is -1.71. The van der Waals surface area contributed by atoms with Gasteiger partial charge in [-0.2, -0.15) is 5.10 Å². The van der Waals surface area contributed by atoms with E-state index in [9.17, 15) is 27.6 Å². The zero-order valence-corrected chi connectivity index (χ0v) is 15.8. The van der Waals surface area contributed by atoms with E-state index in [2.05, 4.69) is 10.4 Å². The van der Waals surface area contributed by atoms with Gasteiger partial charge >= 0.3 is 0 Å². The van der Waals surface area contributed by atoms with Gasteiger partial charge in [-0.3, -0.25) is 14.4 Å². The maximum absolute atomic E-state index is 13.6. The van der Waals surface area contributed by atoms with E-state index in [1.165, 1.54) is 0 Å². The van der Waals surface area contributed by atoms with Crippen LogP contribution in [0.25, 0.3) is 0 Å². The standard InChI is InChI=1S/C20H17F3N4O3/c1-11-3-2-4-12(9-11)27-17(29)8-7-15(26-27)20(30)24-10-16(28)25-14-6-5-13(21)18(22)19(14)23/h2-6,9H,7-8,10H2,1H3,(H,24,30)(H,25,28). The zero-order chi connectivity index (χ0) is 21.8. The van der Waals surface area contributed by atoms with Crippen LogP contribution in [0.4, 0.5) is 24.5 Å². The Morgan fingerprint density at radius 3 is 2.60 bits per heavy atom. The fourth-order valence-corrected chi connectivity index (χ4v) is 2.76. The lowest BCUT2D eigenvalue weighted by molar-refractivity contribution is -0.120. The molecule has 0 bridgehead atoms. The summed E-state index contributed by atoms with van der Waals surface area (Å²) in [7, 11) is 0. The minimum Gasteiger partial charge on any atom is -0.342 e. The van der Waals surface area contributed by atoms with E-state index in [4.69, 9.17) is 0 Å². The van der Waals surface area contributed by atoms with Crippen LogP contribution in [0, 0.1) is 24.4 Å². The molecule has 3 amide bonds. The number of rotatable bonds is 5. The highest BCUT2D eigenvalue weighted by Crippen LogP contribution is 2.21. The molecule has 0 saturated carbocycles. The molecule has 1 aliphatic rings. The van der Waals surface area contributed by atoms with Crippen molar-refractivity contribution >= 4 is 34.8 Å². The van der Waals surface area contributed by atoms with Crippen LogP contribution >= 0.6 is 0 Å². The molecule has 0 aliphatic carbocycles. The molecule has 3 rings (SSSR count). The normalized spacial score (nSPS) is 13.7. The zero-order valence-electron chi connectivity index (χ0n) is 15.8. The molecule has 2 N–H and O–H groups in total. The average molecular weight is 418 g/mol. The second-order valence-electron chi connectivity index (χ2n) is 6.55. The third-order valence-corrected chi connectivity index (χ3v) is 4.26. The summed E-state index contributed by atoms with van der Waals surface area (Å²) in [5.41, 5.74) is 0.909. The quantitative estimate of drug-likeness (QED) is 0.732. The maximum Gasteiger partial charge on any atom is 0.267 e. The molecular formula is C20H17F3N4O3. The van der Waals surface area contributed by atoms with E-state index in [1.54, 1.807) is 18.2 Å². The van der Waals surface area contributed by atoms with Crippen molar-refractivity contribution in [1.29, 1.82) is 0 Å². The predicted octanol–water partition coefficient (Wildman–Crippen LogP) is 2.65. The molecule has 2 aromatic rings. The van der Waals surface area contributed by atoms with Crippen LogP contribution < -0.4 is 15.6 Å². The molecule has 0 spiro atoms. The van der Waals surface area contributed by atoms with Gasteiger partial charge in [0.15, 0.2) is 17.5 Å². The first-order valence-corrected chi connectivity index (χ1v) is 8.95. The van der Waals surface area contributed by atoms with Gasteiger partial charge in [-0.1, -0.05) is 12.1 Å². The van der Waals surface area contributed by atoms with Crippen LogP contribution in [-0.2, 0) is 14.4 Å². The van der Waals surface area contributed by atoms with E-state index in [1.807, 2.05) is 18.3 Å². The van der Waals surface area contributed by atoms with Crippen LogP contribution in [0.2, 0.25) is 0 Å². The van der Waals surface area contributed by atoms with Gasteiger partial charge < -0.3 is 10.6 Å². The first-order chi connectivity index (χ1) is 14.3. The van der Waals surface area contributed by atoms with E-state index in [0.717, 1.165) is 16.6 Å². The van der Waals surface area contributed by atoms with Crippen molar-refractivity contribution in [3.05, 3.63) is 59.4 Å². The molecule has 0 fully saturated rings. The fourth-order valence-electron chi connectivity index (χ4n) is 2.76. The summed E-state index contributed by atoms with van der Waals surface area (Å²) in [5.74, 6) is -6.45. The SMILES string of the molecule is Cc1cccc(N2N=C(C(=O)NCC(=O)Nc3ccc(F)c(F)c3F)CCC2=O)c1. The van der Waals surface area contributed by atoms with Crippen molar-refractivity contribution in [2.24, 2.45) is 5.10 Å². The smallest absolute Gasteiger partial charge is 0.267 e. The van der Waals surface area contributed by atoms with E-state index in [-0.39, 0.29) is 24.5 Å². The van der Waals surface area contributed by atoms with Gasteiger partial charge in [-0.25, -0.2) is 18.2 Å². The highest BCUT2D eigenvalue weighted by Gasteiger charge is 2.26. The van der Waals surface area contributed by atoms with Crippen molar-refractivity contribution in [2.75, 3.05) is 16.9 Å². The lowest BCUT2D eigenvalue weighted by atomic mass is 10.1. The monoisotopic (exact) mass is 418 g/mol. The molecule has 0 unspecified atom stereocenters. The van der Waals surface area contributed by atoms with E-state index >= 15 is 0 Å². The third-order valence-electron chi connectivity index (χ3n) is 4.26. The van der Waals surface area contributed by atoms with Crippen molar-refractivity contribution < 1.29 is 27.6 Å². The number of nitrogens with zero attached hydrogens (tertiary/aromatic N) is 2. The molecule has 30 heavy (non-hydrogen) atoms. The summed E-state index contributed by atoms with van der Waals surface area (Å²) in [5, 5.41) is 9.55. The Morgan fingerprint density at radius 1 is 1.10 bits per heavy atom. The Morgan fingerprint density at radius 2 is 1.87 bits per heavy atom. The maximum atomic E-state index is 13.6. The number of aryl methyl sites for hydroxylation is 1. The lowest BCUT2D eigenvalue weighted by Gasteiger charge is -2.23. The third kappa shape index (κ3) is 4.65. The summed E-state index contributed by atoms with van der Waals surface area (Å²) < 4.78 is 39.8. The number of halogens is 3. The minimum absolute atomic E-state index is 0.0444. The molecule has 0 atom stereocenters. The van der Waals surface area contributed by atoms with Crippen molar-refractivity contribution in [2.45, 2.75) is 19.8 Å². The number of hydrogen-bond acceptors (Lipinski definition) is 4. The predicted molar refractivity (Wildman–Crippen MR) is 103 cm³/mol. The van der Waals surface area contributed by atoms with Gasteiger partial charge in [-0.05, 0) is 36.8 Å². The van der Waals surface area contributed by atoms with Crippen LogP contribution in [-0.4, -0.2) is 30.0 Å². The summed E-state index contributed by atoms with van der Waals surface area (Å²) in [6.07, 6.45) is 0.152. The van der Waals surface area contributed by atoms with Crippen LogP contribution in [0.3, 0.4) is 0 Å². The molecular weight excluding hydrogens is 401 g/mol. The second kappa shape index (κ2) is 8.76. The number of anilines is 2. The lowest BCUT2D eigenvalue weighted by Crippen LogP contribution is -2.41. The van der Waals surface area contributed by atoms with E-state index in [0.29, 0.717) is 11.8 Å². The highest BCUT2D eigenvalue weighted by atomic mass is 19.2. The Balaban J connectivity index is 1.64. The van der Waals surface area contributed by atoms with Crippen molar-refractivity contribution in [3.8, 4) is 0 Å². The average Bonchev–Trinajstić information content (AvgIpc) is 2.73. The number of amides is 3. The molecule has 2 aromatic carbocycles. The van der Waals surface area contributed by atoms with Crippen molar-refractivity contribution in [3.63, 3.8) is 0 Å². The Labute approximate surface area is 169 Å². The van der Waals surface area contributed by atoms with Gasteiger partial charge in [0.2, 0.25) is 11.8 Å². The van der Waals surface area contributed by atoms with Crippen LogP contribution in [0.15, 0.2) is 41.5 Å². The number of hydrogen-bond donors (Lipinski definition) is 2. The fraction of sp³-hybridized carbons (Fsp3) is 0.200. The van der Waals surface area contributed by atoms with Crippen LogP contribution in [0.1, 0.15) is 18.4 Å². The molecule has 1 heterocycles. The van der Waals surface area contributed by atoms with Gasteiger partial charge in [0.25, 0.3) is 5.91 Å². The summed E-state index contributed by atoms with van der Waals surface area (Å²) in [4.78, 5) is 36.4. The molecule has 156 valence electrons. The molecule has 10 heteroatoms. The molecule has 1 aliphatic heterocycles. The molecule has 0 radical (unpaired) electrons. The number of carbonyl (C=O) groups is 3. The number of hydrazone groups is 1. The summed E-state index contributed by atoms with van der Waals surface area (Å²) in [6.45, 7) is 1.29. The number of benzene rings is 2. The topological polar surface area (TPSA) is 90.9 Å². The number of nitrogens with one attached hydrogen (secondary N) is 2. The largest absolute Gasteiger partial charge is 0.342 e.